The smallest absolute Gasteiger partial charge is 0.191 e. The molecule has 0 saturated heterocycles. The fourth-order valence-electron chi connectivity index (χ4n) is 2.63. The predicted octanol–water partition coefficient (Wildman–Crippen LogP) is 3.15. The summed E-state index contributed by atoms with van der Waals surface area (Å²) in [6.07, 6.45) is 5.39. The van der Waals surface area contributed by atoms with E-state index < -0.39 is 0 Å². The summed E-state index contributed by atoms with van der Waals surface area (Å²) in [5.74, 6) is 2.40. The van der Waals surface area contributed by atoms with Gasteiger partial charge in [-0.2, -0.15) is 5.10 Å². The van der Waals surface area contributed by atoms with Crippen LogP contribution < -0.4 is 15.4 Å². The SMILES string of the molecule is CCOc1ccccc1CNC(=NC)NCc1ccnc(-n2cccn2)c1.I. The predicted molar refractivity (Wildman–Crippen MR) is 121 cm³/mol. The van der Waals surface area contributed by atoms with E-state index in [-0.39, 0.29) is 24.0 Å². The average molecular weight is 492 g/mol. The Labute approximate surface area is 182 Å². The van der Waals surface area contributed by atoms with Crippen molar-refractivity contribution in [3.05, 3.63) is 72.2 Å². The highest BCUT2D eigenvalue weighted by molar-refractivity contribution is 14.0. The zero-order valence-electron chi connectivity index (χ0n) is 16.0. The molecule has 7 nitrogen and oxygen atoms in total. The number of benzene rings is 1. The first-order chi connectivity index (χ1) is 13.3. The van der Waals surface area contributed by atoms with E-state index in [0.29, 0.717) is 19.7 Å². The van der Waals surface area contributed by atoms with E-state index in [0.717, 1.165) is 28.7 Å². The van der Waals surface area contributed by atoms with E-state index in [9.17, 15) is 0 Å². The van der Waals surface area contributed by atoms with Crippen molar-refractivity contribution in [1.82, 2.24) is 25.4 Å². The van der Waals surface area contributed by atoms with Crippen LogP contribution in [0.5, 0.6) is 5.75 Å². The molecule has 3 aromatic rings. The second-order valence-corrected chi connectivity index (χ2v) is 5.79. The molecule has 0 atom stereocenters. The first-order valence-corrected chi connectivity index (χ1v) is 8.90. The Morgan fingerprint density at radius 3 is 2.68 bits per heavy atom. The molecule has 1 aromatic carbocycles. The number of aromatic nitrogens is 3. The van der Waals surface area contributed by atoms with Crippen LogP contribution in [0.15, 0.2) is 66.0 Å². The number of ether oxygens (including phenoxy) is 1. The van der Waals surface area contributed by atoms with E-state index in [1.165, 1.54) is 0 Å². The number of para-hydroxylation sites is 1. The van der Waals surface area contributed by atoms with Gasteiger partial charge in [-0.25, -0.2) is 9.67 Å². The maximum absolute atomic E-state index is 5.67. The second kappa shape index (κ2) is 11.3. The Hall–Kier alpha value is -2.62. The van der Waals surface area contributed by atoms with Crippen LogP contribution in [0, 0.1) is 0 Å². The molecular formula is C20H25IN6O. The minimum absolute atomic E-state index is 0. The molecule has 0 saturated carbocycles. The molecule has 0 bridgehead atoms. The Morgan fingerprint density at radius 1 is 1.11 bits per heavy atom. The van der Waals surface area contributed by atoms with Crippen LogP contribution in [0.1, 0.15) is 18.1 Å². The number of nitrogens with one attached hydrogen (secondary N) is 2. The first kappa shape index (κ1) is 21.7. The summed E-state index contributed by atoms with van der Waals surface area (Å²) in [5, 5.41) is 10.9. The molecule has 0 aliphatic rings. The van der Waals surface area contributed by atoms with Gasteiger partial charge in [0, 0.05) is 44.3 Å². The highest BCUT2D eigenvalue weighted by atomic mass is 127. The maximum Gasteiger partial charge on any atom is 0.191 e. The fourth-order valence-corrected chi connectivity index (χ4v) is 2.63. The van der Waals surface area contributed by atoms with E-state index >= 15 is 0 Å². The molecule has 0 fully saturated rings. The molecule has 3 rings (SSSR count). The van der Waals surface area contributed by atoms with Crippen LogP contribution >= 0.6 is 24.0 Å². The van der Waals surface area contributed by atoms with Crippen LogP contribution in [0.2, 0.25) is 0 Å². The number of rotatable bonds is 7. The van der Waals surface area contributed by atoms with Gasteiger partial charge in [-0.3, -0.25) is 4.99 Å². The first-order valence-electron chi connectivity index (χ1n) is 8.90. The molecule has 0 aliphatic heterocycles. The van der Waals surface area contributed by atoms with E-state index in [4.69, 9.17) is 4.74 Å². The molecule has 0 unspecified atom stereocenters. The van der Waals surface area contributed by atoms with Gasteiger partial charge in [0.15, 0.2) is 11.8 Å². The topological polar surface area (TPSA) is 76.4 Å². The van der Waals surface area contributed by atoms with Crippen LogP contribution in [-0.4, -0.2) is 34.4 Å². The van der Waals surface area contributed by atoms with Crippen molar-refractivity contribution >= 4 is 29.9 Å². The van der Waals surface area contributed by atoms with Crippen molar-refractivity contribution in [3.8, 4) is 11.6 Å². The lowest BCUT2D eigenvalue weighted by atomic mass is 10.2. The number of guanidine groups is 1. The molecule has 0 radical (unpaired) electrons. The van der Waals surface area contributed by atoms with E-state index in [1.807, 2.05) is 55.6 Å². The molecular weight excluding hydrogens is 467 g/mol. The van der Waals surface area contributed by atoms with Gasteiger partial charge in [0.05, 0.1) is 6.61 Å². The molecule has 8 heteroatoms. The third-order valence-corrected chi connectivity index (χ3v) is 3.95. The van der Waals surface area contributed by atoms with Crippen molar-refractivity contribution in [2.75, 3.05) is 13.7 Å². The van der Waals surface area contributed by atoms with E-state index in [2.05, 4.69) is 25.7 Å². The molecule has 0 spiro atoms. The highest BCUT2D eigenvalue weighted by Gasteiger charge is 2.05. The van der Waals surface area contributed by atoms with Gasteiger partial charge >= 0.3 is 0 Å². The van der Waals surface area contributed by atoms with Gasteiger partial charge in [0.2, 0.25) is 0 Å². The molecule has 148 valence electrons. The van der Waals surface area contributed by atoms with Crippen molar-refractivity contribution in [2.45, 2.75) is 20.0 Å². The fraction of sp³-hybridized carbons (Fsp3) is 0.250. The summed E-state index contributed by atoms with van der Waals surface area (Å²) < 4.78 is 7.40. The summed E-state index contributed by atoms with van der Waals surface area (Å²) in [7, 11) is 1.76. The Bertz CT molecular complexity index is 882. The van der Waals surface area contributed by atoms with Crippen molar-refractivity contribution in [3.63, 3.8) is 0 Å². The normalized spacial score (nSPS) is 10.9. The van der Waals surface area contributed by atoms with Crippen LogP contribution in [0.4, 0.5) is 0 Å². The molecule has 28 heavy (non-hydrogen) atoms. The quantitative estimate of drug-likeness (QED) is 0.301. The lowest BCUT2D eigenvalue weighted by Gasteiger charge is -2.14. The van der Waals surface area contributed by atoms with Gasteiger partial charge in [0.25, 0.3) is 0 Å². The average Bonchev–Trinajstić information content (AvgIpc) is 3.25. The summed E-state index contributed by atoms with van der Waals surface area (Å²) >= 11 is 0. The number of halogens is 1. The molecule has 0 aliphatic carbocycles. The van der Waals surface area contributed by atoms with Crippen molar-refractivity contribution in [2.24, 2.45) is 4.99 Å². The van der Waals surface area contributed by atoms with Crippen molar-refractivity contribution in [1.29, 1.82) is 0 Å². The lowest BCUT2D eigenvalue weighted by molar-refractivity contribution is 0.336. The zero-order valence-corrected chi connectivity index (χ0v) is 18.3. The minimum Gasteiger partial charge on any atom is -0.494 e. The van der Waals surface area contributed by atoms with Crippen LogP contribution in [0.3, 0.4) is 0 Å². The summed E-state index contributed by atoms with van der Waals surface area (Å²) in [6, 6.07) is 13.8. The van der Waals surface area contributed by atoms with Gasteiger partial charge < -0.3 is 15.4 Å². The van der Waals surface area contributed by atoms with Gasteiger partial charge in [-0.1, -0.05) is 18.2 Å². The third-order valence-electron chi connectivity index (χ3n) is 3.95. The number of pyridine rings is 1. The highest BCUT2D eigenvalue weighted by Crippen LogP contribution is 2.17. The Morgan fingerprint density at radius 2 is 1.93 bits per heavy atom. The molecule has 0 amide bonds. The number of hydrogen-bond donors (Lipinski definition) is 2. The van der Waals surface area contributed by atoms with Crippen molar-refractivity contribution < 1.29 is 4.74 Å². The second-order valence-electron chi connectivity index (χ2n) is 5.79. The monoisotopic (exact) mass is 492 g/mol. The minimum atomic E-state index is 0. The van der Waals surface area contributed by atoms with Gasteiger partial charge in [-0.05, 0) is 36.8 Å². The lowest BCUT2D eigenvalue weighted by Crippen LogP contribution is -2.36. The molecule has 2 N–H and O–H groups in total. The molecule has 2 heterocycles. The van der Waals surface area contributed by atoms with E-state index in [1.54, 1.807) is 24.1 Å². The summed E-state index contributed by atoms with van der Waals surface area (Å²) in [4.78, 5) is 8.63. The Kier molecular flexibility index (Phi) is 8.73. The standard InChI is InChI=1S/C20H24N6O.HI/c1-3-27-18-8-5-4-7-17(18)15-24-20(21-2)23-14-16-9-11-22-19(13-16)26-12-6-10-25-26;/h4-13H,3,14-15H2,1-2H3,(H2,21,23,24);1H. The largest absolute Gasteiger partial charge is 0.494 e. The van der Waals surface area contributed by atoms with Gasteiger partial charge in [-0.15, -0.1) is 24.0 Å². The zero-order chi connectivity index (χ0) is 18.9. The number of hydrogen-bond acceptors (Lipinski definition) is 4. The molecule has 2 aromatic heterocycles. The van der Waals surface area contributed by atoms with Crippen LogP contribution in [0.25, 0.3) is 5.82 Å². The maximum atomic E-state index is 5.67. The third kappa shape index (κ3) is 5.95. The van der Waals surface area contributed by atoms with Crippen LogP contribution in [-0.2, 0) is 13.1 Å². The summed E-state index contributed by atoms with van der Waals surface area (Å²) in [5.41, 5.74) is 2.18. The van der Waals surface area contributed by atoms with Gasteiger partial charge in [0.1, 0.15) is 5.75 Å². The number of nitrogens with zero attached hydrogens (tertiary/aromatic N) is 4. The number of aliphatic imine (C=N–C) groups is 1. The summed E-state index contributed by atoms with van der Waals surface area (Å²) in [6.45, 7) is 3.88. The Balaban J connectivity index is 0.00000280.